The monoisotopic (exact) mass is 330 g/mol. The molecule has 0 aliphatic heterocycles. The first-order valence-corrected chi connectivity index (χ1v) is 8.18. The number of carbonyl (C=O) groups excluding carboxylic acids is 3. The number of rotatable bonds is 7. The Kier molecular flexibility index (Phi) is 5.90. The van der Waals surface area contributed by atoms with Crippen LogP contribution in [0.2, 0.25) is 0 Å². The summed E-state index contributed by atoms with van der Waals surface area (Å²) in [7, 11) is 0. The Balaban J connectivity index is 2.24. The van der Waals surface area contributed by atoms with Crippen molar-refractivity contribution < 1.29 is 23.9 Å². The lowest BCUT2D eigenvalue weighted by molar-refractivity contribution is -0.159. The van der Waals surface area contributed by atoms with Crippen LogP contribution in [0.3, 0.4) is 0 Å². The predicted molar refractivity (Wildman–Crippen MR) is 89.0 cm³/mol. The molecule has 0 heterocycles. The maximum atomic E-state index is 13.0. The van der Waals surface area contributed by atoms with E-state index in [4.69, 9.17) is 9.47 Å². The fourth-order valence-electron chi connectivity index (χ4n) is 2.90. The lowest BCUT2D eigenvalue weighted by Gasteiger charge is -2.25. The van der Waals surface area contributed by atoms with Gasteiger partial charge in [0.05, 0.1) is 13.2 Å². The third-order valence-corrected chi connectivity index (χ3v) is 4.15. The Morgan fingerprint density at radius 1 is 1.08 bits per heavy atom. The van der Waals surface area contributed by atoms with Gasteiger partial charge < -0.3 is 9.47 Å². The number of allylic oxidation sites excluding steroid dienone is 2. The smallest absolute Gasteiger partial charge is 0.320 e. The van der Waals surface area contributed by atoms with Gasteiger partial charge in [0, 0.05) is 12.0 Å². The Hall–Kier alpha value is -2.43. The van der Waals surface area contributed by atoms with E-state index in [1.54, 1.807) is 19.9 Å². The van der Waals surface area contributed by atoms with Crippen molar-refractivity contribution in [1.82, 2.24) is 0 Å². The molecule has 1 atom stereocenters. The molecule has 0 spiro atoms. The van der Waals surface area contributed by atoms with E-state index in [-0.39, 0.29) is 38.3 Å². The quantitative estimate of drug-likeness (QED) is 0.568. The summed E-state index contributed by atoms with van der Waals surface area (Å²) in [5.74, 6) is -1.26. The summed E-state index contributed by atoms with van der Waals surface area (Å²) in [6, 6.07) is 9.20. The summed E-state index contributed by atoms with van der Waals surface area (Å²) < 4.78 is 10.0. The number of hydrogen-bond acceptors (Lipinski definition) is 5. The van der Waals surface area contributed by atoms with Gasteiger partial charge in [-0.1, -0.05) is 36.4 Å². The van der Waals surface area contributed by atoms with Gasteiger partial charge in [0.2, 0.25) is 0 Å². The van der Waals surface area contributed by atoms with Gasteiger partial charge in [-0.2, -0.15) is 0 Å². The minimum absolute atomic E-state index is 0.00824. The summed E-state index contributed by atoms with van der Waals surface area (Å²) in [4.78, 5) is 37.2. The minimum Gasteiger partial charge on any atom is -0.466 e. The Bertz CT molecular complexity index is 647. The van der Waals surface area contributed by atoms with Crippen LogP contribution < -0.4 is 0 Å². The Morgan fingerprint density at radius 3 is 2.38 bits per heavy atom. The van der Waals surface area contributed by atoms with Crippen molar-refractivity contribution in [2.75, 3.05) is 13.2 Å². The molecule has 1 unspecified atom stereocenters. The number of esters is 2. The lowest BCUT2D eigenvalue weighted by atomic mass is 9.78. The van der Waals surface area contributed by atoms with Crippen LogP contribution >= 0.6 is 0 Å². The number of hydrogen-bond donors (Lipinski definition) is 0. The molecule has 1 aromatic rings. The molecule has 1 aliphatic carbocycles. The van der Waals surface area contributed by atoms with Crippen molar-refractivity contribution in [3.05, 3.63) is 42.0 Å². The SMILES string of the molecule is CCOC(=O)CCC1(C(=O)OCC)CC=C(c2ccccc2)C1=O. The van der Waals surface area contributed by atoms with Crippen molar-refractivity contribution in [2.45, 2.75) is 33.1 Å². The molecule has 1 aromatic carbocycles. The first-order chi connectivity index (χ1) is 11.5. The van der Waals surface area contributed by atoms with Gasteiger partial charge >= 0.3 is 11.9 Å². The third-order valence-electron chi connectivity index (χ3n) is 4.15. The summed E-state index contributed by atoms with van der Waals surface area (Å²) in [6.45, 7) is 3.87. The van der Waals surface area contributed by atoms with Gasteiger partial charge in [-0.05, 0) is 32.3 Å². The molecule has 0 saturated carbocycles. The van der Waals surface area contributed by atoms with Gasteiger partial charge in [0.1, 0.15) is 5.41 Å². The first-order valence-electron chi connectivity index (χ1n) is 8.18. The highest BCUT2D eigenvalue weighted by molar-refractivity contribution is 6.31. The average Bonchev–Trinajstić information content (AvgIpc) is 2.92. The molecule has 0 amide bonds. The standard InChI is InChI=1S/C19H22O5/c1-3-23-16(20)11-13-19(18(22)24-4-2)12-10-15(17(19)21)14-8-6-5-7-9-14/h5-10H,3-4,11-13H2,1-2H3. The zero-order valence-electron chi connectivity index (χ0n) is 14.0. The second kappa shape index (κ2) is 7.90. The molecule has 24 heavy (non-hydrogen) atoms. The summed E-state index contributed by atoms with van der Waals surface area (Å²) >= 11 is 0. The number of benzene rings is 1. The zero-order valence-corrected chi connectivity index (χ0v) is 14.0. The van der Waals surface area contributed by atoms with Crippen LogP contribution in [0.4, 0.5) is 0 Å². The molecule has 0 aromatic heterocycles. The highest BCUT2D eigenvalue weighted by atomic mass is 16.5. The molecule has 5 heteroatoms. The molecule has 1 aliphatic rings. The minimum atomic E-state index is -1.33. The summed E-state index contributed by atoms with van der Waals surface area (Å²) in [5.41, 5.74) is -0.0502. The van der Waals surface area contributed by atoms with Crippen LogP contribution in [0.25, 0.3) is 5.57 Å². The van der Waals surface area contributed by atoms with E-state index < -0.39 is 17.4 Å². The van der Waals surface area contributed by atoms with E-state index in [0.717, 1.165) is 5.56 Å². The van der Waals surface area contributed by atoms with Crippen molar-refractivity contribution >= 4 is 23.3 Å². The average molecular weight is 330 g/mol. The maximum absolute atomic E-state index is 13.0. The molecule has 128 valence electrons. The largest absolute Gasteiger partial charge is 0.466 e. The van der Waals surface area contributed by atoms with Crippen LogP contribution in [0.15, 0.2) is 36.4 Å². The molecule has 5 nitrogen and oxygen atoms in total. The molecule has 0 bridgehead atoms. The first kappa shape index (κ1) is 17.9. The van der Waals surface area contributed by atoms with E-state index in [0.29, 0.717) is 5.57 Å². The molecule has 0 N–H and O–H groups in total. The Morgan fingerprint density at radius 2 is 1.75 bits per heavy atom. The van der Waals surface area contributed by atoms with Crippen molar-refractivity contribution in [1.29, 1.82) is 0 Å². The fraction of sp³-hybridized carbons (Fsp3) is 0.421. The van der Waals surface area contributed by atoms with Gasteiger partial charge in [0.15, 0.2) is 5.78 Å². The van der Waals surface area contributed by atoms with E-state index >= 15 is 0 Å². The molecule has 0 saturated heterocycles. The normalized spacial score (nSPS) is 19.8. The van der Waals surface area contributed by atoms with Crippen molar-refractivity contribution in [2.24, 2.45) is 5.41 Å². The van der Waals surface area contributed by atoms with E-state index in [1.165, 1.54) is 0 Å². The molecular weight excluding hydrogens is 308 g/mol. The van der Waals surface area contributed by atoms with E-state index in [9.17, 15) is 14.4 Å². The molecule has 0 fully saturated rings. The summed E-state index contributed by atoms with van der Waals surface area (Å²) in [5, 5.41) is 0. The van der Waals surface area contributed by atoms with Crippen LogP contribution in [0.1, 0.15) is 38.7 Å². The Labute approximate surface area is 141 Å². The second-order valence-corrected chi connectivity index (χ2v) is 5.62. The zero-order chi connectivity index (χ0) is 17.6. The third kappa shape index (κ3) is 3.55. The number of Topliss-reactive ketones (excluding diaryl/α,β-unsaturated/α-hetero) is 1. The van der Waals surface area contributed by atoms with E-state index in [1.807, 2.05) is 30.3 Å². The number of carbonyl (C=O) groups is 3. The molecule has 0 radical (unpaired) electrons. The summed E-state index contributed by atoms with van der Waals surface area (Å²) in [6.07, 6.45) is 2.11. The van der Waals surface area contributed by atoms with Crippen molar-refractivity contribution in [3.8, 4) is 0 Å². The lowest BCUT2D eigenvalue weighted by Crippen LogP contribution is -2.38. The second-order valence-electron chi connectivity index (χ2n) is 5.62. The van der Waals surface area contributed by atoms with Gasteiger partial charge in [-0.3, -0.25) is 14.4 Å². The van der Waals surface area contributed by atoms with Crippen LogP contribution in [0.5, 0.6) is 0 Å². The van der Waals surface area contributed by atoms with Crippen LogP contribution in [-0.4, -0.2) is 30.9 Å². The number of ether oxygens (including phenoxy) is 2. The van der Waals surface area contributed by atoms with Gasteiger partial charge in [-0.15, -0.1) is 0 Å². The van der Waals surface area contributed by atoms with Gasteiger partial charge in [0.25, 0.3) is 0 Å². The highest BCUT2D eigenvalue weighted by Gasteiger charge is 2.51. The van der Waals surface area contributed by atoms with Crippen LogP contribution in [0, 0.1) is 5.41 Å². The predicted octanol–water partition coefficient (Wildman–Crippen LogP) is 2.94. The van der Waals surface area contributed by atoms with Gasteiger partial charge in [-0.25, -0.2) is 0 Å². The van der Waals surface area contributed by atoms with Crippen molar-refractivity contribution in [3.63, 3.8) is 0 Å². The van der Waals surface area contributed by atoms with E-state index in [2.05, 4.69) is 0 Å². The van der Waals surface area contributed by atoms with Crippen LogP contribution in [-0.2, 0) is 23.9 Å². The number of ketones is 1. The highest BCUT2D eigenvalue weighted by Crippen LogP contribution is 2.43. The fourth-order valence-corrected chi connectivity index (χ4v) is 2.90. The maximum Gasteiger partial charge on any atom is 0.320 e. The molecule has 2 rings (SSSR count). The topological polar surface area (TPSA) is 69.7 Å². The molecular formula is C19H22O5.